The summed E-state index contributed by atoms with van der Waals surface area (Å²) >= 11 is 0. The Morgan fingerprint density at radius 2 is 1.97 bits per heavy atom. The fraction of sp³-hybridized carbons (Fsp3) is 0.320. The third kappa shape index (κ3) is 4.16. The molecule has 2 aromatic carbocycles. The lowest BCUT2D eigenvalue weighted by molar-refractivity contribution is -0.118. The van der Waals surface area contributed by atoms with Gasteiger partial charge in [-0.25, -0.2) is 0 Å². The van der Waals surface area contributed by atoms with Gasteiger partial charge in [-0.1, -0.05) is 23.8 Å². The first-order chi connectivity index (χ1) is 15.8. The zero-order valence-corrected chi connectivity index (χ0v) is 19.4. The molecular formula is C25H28N4O4. The normalized spacial score (nSPS) is 17.2. The molecular weight excluding hydrogens is 420 g/mol. The molecule has 3 aromatic rings. The molecule has 0 radical (unpaired) electrons. The molecule has 1 aliphatic rings. The van der Waals surface area contributed by atoms with Crippen molar-refractivity contribution in [1.29, 1.82) is 0 Å². The van der Waals surface area contributed by atoms with Crippen LogP contribution < -0.4 is 20.1 Å². The quantitative estimate of drug-likeness (QED) is 0.603. The van der Waals surface area contributed by atoms with Crippen molar-refractivity contribution in [3.05, 3.63) is 70.4 Å². The molecule has 0 unspecified atom stereocenters. The first kappa shape index (κ1) is 22.4. The number of benzene rings is 2. The highest BCUT2D eigenvalue weighted by Crippen LogP contribution is 2.41. The van der Waals surface area contributed by atoms with E-state index in [1.807, 2.05) is 51.1 Å². The van der Waals surface area contributed by atoms with Crippen LogP contribution in [0.4, 0.5) is 5.82 Å². The minimum Gasteiger partial charge on any atom is -0.493 e. The summed E-state index contributed by atoms with van der Waals surface area (Å²) in [5, 5.41) is 10.4. The average molecular weight is 449 g/mol. The van der Waals surface area contributed by atoms with Crippen molar-refractivity contribution in [2.45, 2.75) is 32.7 Å². The molecule has 2 amide bonds. The van der Waals surface area contributed by atoms with Gasteiger partial charge in [-0.2, -0.15) is 5.10 Å². The van der Waals surface area contributed by atoms with E-state index in [2.05, 4.69) is 15.7 Å². The van der Waals surface area contributed by atoms with E-state index in [9.17, 15) is 9.59 Å². The lowest BCUT2D eigenvalue weighted by Crippen LogP contribution is -2.50. The van der Waals surface area contributed by atoms with Gasteiger partial charge >= 0.3 is 0 Å². The van der Waals surface area contributed by atoms with Crippen LogP contribution in [0.1, 0.15) is 45.6 Å². The molecule has 0 aliphatic carbocycles. The van der Waals surface area contributed by atoms with Gasteiger partial charge in [0.05, 0.1) is 19.4 Å². The van der Waals surface area contributed by atoms with Gasteiger partial charge in [0.1, 0.15) is 11.9 Å². The summed E-state index contributed by atoms with van der Waals surface area (Å²) in [6, 6.07) is 12.0. The maximum Gasteiger partial charge on any atom is 0.251 e. The van der Waals surface area contributed by atoms with E-state index in [4.69, 9.17) is 9.47 Å². The first-order valence-corrected chi connectivity index (χ1v) is 10.9. The number of nitrogens with zero attached hydrogens (tertiary/aromatic N) is 2. The minimum atomic E-state index is -0.837. The van der Waals surface area contributed by atoms with Gasteiger partial charge in [0.15, 0.2) is 11.5 Å². The summed E-state index contributed by atoms with van der Waals surface area (Å²) in [5.74, 6) is 0.732. The summed E-state index contributed by atoms with van der Waals surface area (Å²) in [7, 11) is 3.37. The number of aromatic nitrogens is 2. The number of methoxy groups -OCH3 is 1. The molecule has 8 nitrogen and oxygen atoms in total. The van der Waals surface area contributed by atoms with Crippen LogP contribution >= 0.6 is 0 Å². The van der Waals surface area contributed by atoms with Gasteiger partial charge in [-0.05, 0) is 50.6 Å². The van der Waals surface area contributed by atoms with Crippen molar-refractivity contribution in [2.24, 2.45) is 7.05 Å². The standard InChI is InChI=1S/C25H28N4O4/c1-6-33-19-13-16(10-11-18(19)32-5)21-20-15(3)28-29(4)23(20)27-25(31)22(21)26-24(30)17-9-7-8-14(2)12-17/h7-13,21-22H,6H2,1-5H3,(H,26,30)(H,27,31)/t21-,22+/m1/s1. The molecule has 2 atom stereocenters. The number of amides is 2. The Labute approximate surface area is 192 Å². The number of nitrogens with one attached hydrogen (secondary N) is 2. The van der Waals surface area contributed by atoms with Gasteiger partial charge in [0, 0.05) is 24.1 Å². The third-order valence-electron chi connectivity index (χ3n) is 5.85. The first-order valence-electron chi connectivity index (χ1n) is 10.9. The van der Waals surface area contributed by atoms with Gasteiger partial charge < -0.3 is 20.1 Å². The van der Waals surface area contributed by atoms with Crippen LogP contribution in [-0.2, 0) is 11.8 Å². The predicted octanol–water partition coefficient (Wildman–Crippen LogP) is 3.33. The topological polar surface area (TPSA) is 94.5 Å². The second kappa shape index (κ2) is 8.97. The van der Waals surface area contributed by atoms with Gasteiger partial charge in [-0.3, -0.25) is 14.3 Å². The number of aryl methyl sites for hydroxylation is 3. The highest BCUT2D eigenvalue weighted by atomic mass is 16.5. The number of ether oxygens (including phenoxy) is 2. The molecule has 4 rings (SSSR count). The fourth-order valence-corrected chi connectivity index (χ4v) is 4.38. The highest BCUT2D eigenvalue weighted by Gasteiger charge is 2.41. The molecule has 33 heavy (non-hydrogen) atoms. The van der Waals surface area contributed by atoms with Gasteiger partial charge in [0.25, 0.3) is 5.91 Å². The van der Waals surface area contributed by atoms with Crippen LogP contribution in [0.25, 0.3) is 0 Å². The summed E-state index contributed by atoms with van der Waals surface area (Å²) in [6.07, 6.45) is 0. The van der Waals surface area contributed by atoms with E-state index < -0.39 is 12.0 Å². The summed E-state index contributed by atoms with van der Waals surface area (Å²) in [6.45, 7) is 6.19. The number of carbonyl (C=O) groups is 2. The zero-order valence-electron chi connectivity index (χ0n) is 19.4. The molecule has 0 saturated heterocycles. The maximum absolute atomic E-state index is 13.2. The highest BCUT2D eigenvalue weighted by molar-refractivity contribution is 6.04. The Morgan fingerprint density at radius 3 is 2.67 bits per heavy atom. The molecule has 1 aliphatic heterocycles. The summed E-state index contributed by atoms with van der Waals surface area (Å²) < 4.78 is 12.9. The molecule has 0 spiro atoms. The smallest absolute Gasteiger partial charge is 0.251 e. The van der Waals surface area contributed by atoms with E-state index in [1.165, 1.54) is 0 Å². The Balaban J connectivity index is 1.81. The van der Waals surface area contributed by atoms with E-state index in [0.29, 0.717) is 29.5 Å². The average Bonchev–Trinajstić information content (AvgIpc) is 3.07. The van der Waals surface area contributed by atoms with Crippen molar-refractivity contribution in [2.75, 3.05) is 19.0 Å². The van der Waals surface area contributed by atoms with Crippen molar-refractivity contribution >= 4 is 17.6 Å². The molecule has 8 heteroatoms. The number of hydrogen-bond donors (Lipinski definition) is 2. The summed E-state index contributed by atoms with van der Waals surface area (Å²) in [4.78, 5) is 26.3. The number of carbonyl (C=O) groups excluding carboxylic acids is 2. The maximum atomic E-state index is 13.2. The Hall–Kier alpha value is -3.81. The van der Waals surface area contributed by atoms with Crippen LogP contribution in [-0.4, -0.2) is 41.4 Å². The van der Waals surface area contributed by atoms with Crippen molar-refractivity contribution < 1.29 is 19.1 Å². The van der Waals surface area contributed by atoms with Gasteiger partial charge in [-0.15, -0.1) is 0 Å². The largest absolute Gasteiger partial charge is 0.493 e. The third-order valence-corrected chi connectivity index (χ3v) is 5.85. The van der Waals surface area contributed by atoms with Crippen molar-refractivity contribution in [1.82, 2.24) is 15.1 Å². The minimum absolute atomic E-state index is 0.301. The van der Waals surface area contributed by atoms with E-state index in [-0.39, 0.29) is 11.8 Å². The van der Waals surface area contributed by atoms with Gasteiger partial charge in [0.2, 0.25) is 5.91 Å². The molecule has 1 aromatic heterocycles. The SMILES string of the molecule is CCOc1cc([C@@H]2c3c(C)nn(C)c3NC(=O)[C@H]2NC(=O)c2cccc(C)c2)ccc1OC. The molecule has 2 N–H and O–H groups in total. The van der Waals surface area contributed by atoms with Crippen LogP contribution in [0.2, 0.25) is 0 Å². The lowest BCUT2D eigenvalue weighted by Gasteiger charge is -2.33. The van der Waals surface area contributed by atoms with Crippen LogP contribution in [0.15, 0.2) is 42.5 Å². The van der Waals surface area contributed by atoms with Crippen LogP contribution in [0.5, 0.6) is 11.5 Å². The van der Waals surface area contributed by atoms with Crippen LogP contribution in [0.3, 0.4) is 0 Å². The zero-order chi connectivity index (χ0) is 23.7. The molecule has 0 bridgehead atoms. The Kier molecular flexibility index (Phi) is 6.09. The lowest BCUT2D eigenvalue weighted by atomic mass is 9.81. The number of hydrogen-bond acceptors (Lipinski definition) is 5. The second-order valence-electron chi connectivity index (χ2n) is 8.10. The van der Waals surface area contributed by atoms with E-state index >= 15 is 0 Å². The fourth-order valence-electron chi connectivity index (χ4n) is 4.38. The predicted molar refractivity (Wildman–Crippen MR) is 125 cm³/mol. The Morgan fingerprint density at radius 1 is 1.18 bits per heavy atom. The number of anilines is 1. The Bertz CT molecular complexity index is 1220. The number of rotatable bonds is 6. The van der Waals surface area contributed by atoms with E-state index in [1.54, 1.807) is 31.0 Å². The molecule has 0 saturated carbocycles. The van der Waals surface area contributed by atoms with Crippen molar-refractivity contribution in [3.8, 4) is 11.5 Å². The van der Waals surface area contributed by atoms with E-state index in [0.717, 1.165) is 22.4 Å². The number of fused-ring (bicyclic) bond motifs is 1. The second-order valence-corrected chi connectivity index (χ2v) is 8.10. The molecule has 0 fully saturated rings. The van der Waals surface area contributed by atoms with Crippen molar-refractivity contribution in [3.63, 3.8) is 0 Å². The monoisotopic (exact) mass is 448 g/mol. The molecule has 172 valence electrons. The molecule has 2 heterocycles. The van der Waals surface area contributed by atoms with Crippen LogP contribution in [0, 0.1) is 13.8 Å². The summed E-state index contributed by atoms with van der Waals surface area (Å²) in [5.41, 5.74) is 3.93.